The number of rotatable bonds is 8. The SMILES string of the molecule is CC(C)(O)C12CC3CC(CC(OCC(O)COC45CC6CC(C4)CC(C(C)(C)O)(C6)C5)(C3)C1)C2. The van der Waals surface area contributed by atoms with Crippen molar-refractivity contribution in [3.8, 4) is 0 Å². The summed E-state index contributed by atoms with van der Waals surface area (Å²) in [4.78, 5) is 0. The largest absolute Gasteiger partial charge is 0.390 e. The molecule has 8 aliphatic carbocycles. The average molecular weight is 477 g/mol. The number of ether oxygens (including phenoxy) is 2. The Morgan fingerprint density at radius 1 is 0.647 bits per heavy atom. The van der Waals surface area contributed by atoms with Gasteiger partial charge in [-0.15, -0.1) is 0 Å². The molecule has 0 amide bonds. The molecule has 8 aliphatic rings. The molecule has 0 aromatic carbocycles. The quantitative estimate of drug-likeness (QED) is 0.477. The molecule has 5 heteroatoms. The molecule has 0 spiro atoms. The molecular weight excluding hydrogens is 428 g/mol. The van der Waals surface area contributed by atoms with E-state index in [4.69, 9.17) is 9.47 Å². The van der Waals surface area contributed by atoms with Crippen LogP contribution in [0.25, 0.3) is 0 Å². The Morgan fingerprint density at radius 3 is 1.26 bits per heavy atom. The molecule has 194 valence electrons. The molecule has 0 aromatic rings. The maximum Gasteiger partial charge on any atom is 0.101 e. The summed E-state index contributed by atoms with van der Waals surface area (Å²) in [5.74, 6) is 2.58. The lowest BCUT2D eigenvalue weighted by Crippen LogP contribution is -2.63. The van der Waals surface area contributed by atoms with Crippen molar-refractivity contribution in [3.63, 3.8) is 0 Å². The normalized spacial score (nSPS) is 50.2. The third-order valence-electron chi connectivity index (χ3n) is 11.8. The van der Waals surface area contributed by atoms with Gasteiger partial charge in [0, 0.05) is 10.8 Å². The van der Waals surface area contributed by atoms with Gasteiger partial charge in [-0.3, -0.25) is 0 Å². The highest BCUT2D eigenvalue weighted by atomic mass is 16.5. The summed E-state index contributed by atoms with van der Waals surface area (Å²) < 4.78 is 13.2. The lowest BCUT2D eigenvalue weighted by Gasteiger charge is -2.65. The van der Waals surface area contributed by atoms with Gasteiger partial charge in [0.15, 0.2) is 0 Å². The van der Waals surface area contributed by atoms with Crippen molar-refractivity contribution < 1.29 is 24.8 Å². The molecule has 0 saturated heterocycles. The fourth-order valence-electron chi connectivity index (χ4n) is 10.7. The fourth-order valence-corrected chi connectivity index (χ4v) is 10.7. The maximum atomic E-state index is 11.0. The van der Waals surface area contributed by atoms with Gasteiger partial charge in [-0.25, -0.2) is 0 Å². The number of aliphatic hydroxyl groups is 3. The zero-order valence-corrected chi connectivity index (χ0v) is 21.9. The van der Waals surface area contributed by atoms with Crippen LogP contribution in [0, 0.1) is 34.5 Å². The highest BCUT2D eigenvalue weighted by molar-refractivity contribution is 5.15. The molecule has 0 heterocycles. The molecule has 8 bridgehead atoms. The van der Waals surface area contributed by atoms with E-state index < -0.39 is 17.3 Å². The van der Waals surface area contributed by atoms with Crippen molar-refractivity contribution in [2.24, 2.45) is 34.5 Å². The van der Waals surface area contributed by atoms with Gasteiger partial charge < -0.3 is 24.8 Å². The summed E-state index contributed by atoms with van der Waals surface area (Å²) in [5, 5.41) is 33.0. The zero-order chi connectivity index (χ0) is 24.2. The first kappa shape index (κ1) is 24.2. The molecule has 4 atom stereocenters. The van der Waals surface area contributed by atoms with Crippen LogP contribution in [-0.4, -0.2) is 57.0 Å². The van der Waals surface area contributed by atoms with Crippen LogP contribution in [0.2, 0.25) is 0 Å². The van der Waals surface area contributed by atoms with Crippen LogP contribution < -0.4 is 0 Å². The topological polar surface area (TPSA) is 79.2 Å². The highest BCUT2D eigenvalue weighted by Gasteiger charge is 2.64. The van der Waals surface area contributed by atoms with E-state index in [1.54, 1.807) is 0 Å². The van der Waals surface area contributed by atoms with Crippen LogP contribution in [0.5, 0.6) is 0 Å². The van der Waals surface area contributed by atoms with E-state index in [-0.39, 0.29) is 22.0 Å². The Balaban J connectivity index is 1.09. The number of aliphatic hydroxyl groups excluding tert-OH is 1. The predicted molar refractivity (Wildman–Crippen MR) is 130 cm³/mol. The van der Waals surface area contributed by atoms with Crippen molar-refractivity contribution in [3.05, 3.63) is 0 Å². The summed E-state index contributed by atoms with van der Waals surface area (Å²) >= 11 is 0. The van der Waals surface area contributed by atoms with Crippen molar-refractivity contribution >= 4 is 0 Å². The van der Waals surface area contributed by atoms with E-state index in [1.807, 2.05) is 27.7 Å². The van der Waals surface area contributed by atoms with Gasteiger partial charge in [0.25, 0.3) is 0 Å². The molecule has 4 unspecified atom stereocenters. The molecule has 8 rings (SSSR count). The number of hydrogen-bond acceptors (Lipinski definition) is 5. The Bertz CT molecular complexity index is 712. The van der Waals surface area contributed by atoms with Crippen LogP contribution in [0.3, 0.4) is 0 Å². The standard InChI is InChI=1S/C29H48O5/c1-24(2,31)26-7-19-5-20(8-26)12-28(11-19,17-26)33-15-23(30)16-34-29-13-21-6-22(14-29)10-27(9-21,18-29)25(3,4)32/h19-23,30-32H,5-18H2,1-4H3. The summed E-state index contributed by atoms with van der Waals surface area (Å²) in [6.07, 6.45) is 12.6. The van der Waals surface area contributed by atoms with Crippen LogP contribution in [0.1, 0.15) is 105 Å². The molecule has 0 radical (unpaired) electrons. The molecule has 8 saturated carbocycles. The number of hydrogen-bond donors (Lipinski definition) is 3. The predicted octanol–water partition coefficient (Wildman–Crippen LogP) is 4.60. The van der Waals surface area contributed by atoms with Crippen molar-refractivity contribution in [2.45, 2.75) is 133 Å². The van der Waals surface area contributed by atoms with Gasteiger partial charge >= 0.3 is 0 Å². The third kappa shape index (κ3) is 3.74. The van der Waals surface area contributed by atoms with Gasteiger partial charge in [0.05, 0.1) is 35.6 Å². The molecule has 34 heavy (non-hydrogen) atoms. The Kier molecular flexibility index (Phi) is 5.28. The van der Waals surface area contributed by atoms with Crippen molar-refractivity contribution in [2.75, 3.05) is 13.2 Å². The zero-order valence-electron chi connectivity index (χ0n) is 21.9. The van der Waals surface area contributed by atoms with Crippen LogP contribution >= 0.6 is 0 Å². The first-order valence-corrected chi connectivity index (χ1v) is 14.1. The van der Waals surface area contributed by atoms with E-state index in [0.717, 1.165) is 64.2 Å². The lowest BCUT2D eigenvalue weighted by molar-refractivity contribution is -0.255. The van der Waals surface area contributed by atoms with E-state index in [2.05, 4.69) is 0 Å². The Labute approximate surface area is 206 Å². The second-order valence-corrected chi connectivity index (χ2v) is 15.2. The summed E-state index contributed by atoms with van der Waals surface area (Å²) in [6, 6.07) is 0. The summed E-state index contributed by atoms with van der Waals surface area (Å²) in [5.41, 5.74) is -1.81. The molecule has 8 fully saturated rings. The average Bonchev–Trinajstić information content (AvgIpc) is 2.67. The minimum absolute atomic E-state index is 0.0385. The molecule has 0 aromatic heterocycles. The second kappa shape index (κ2) is 7.43. The van der Waals surface area contributed by atoms with E-state index >= 15 is 0 Å². The lowest BCUT2D eigenvalue weighted by atomic mass is 9.44. The fraction of sp³-hybridized carbons (Fsp3) is 1.00. The van der Waals surface area contributed by atoms with Crippen molar-refractivity contribution in [1.29, 1.82) is 0 Å². The highest BCUT2D eigenvalue weighted by Crippen LogP contribution is 2.67. The molecule has 5 nitrogen and oxygen atoms in total. The molecule has 3 N–H and O–H groups in total. The summed E-state index contributed by atoms with van der Waals surface area (Å²) in [7, 11) is 0. The van der Waals surface area contributed by atoms with Crippen LogP contribution in [0.15, 0.2) is 0 Å². The Hall–Kier alpha value is -0.200. The molecular formula is C29H48O5. The van der Waals surface area contributed by atoms with Crippen LogP contribution in [-0.2, 0) is 9.47 Å². The van der Waals surface area contributed by atoms with Gasteiger partial charge in [0.1, 0.15) is 6.10 Å². The minimum atomic E-state index is -0.684. The van der Waals surface area contributed by atoms with E-state index in [0.29, 0.717) is 36.9 Å². The van der Waals surface area contributed by atoms with Crippen molar-refractivity contribution in [1.82, 2.24) is 0 Å². The smallest absolute Gasteiger partial charge is 0.101 e. The van der Waals surface area contributed by atoms with E-state index in [1.165, 1.54) is 12.8 Å². The maximum absolute atomic E-state index is 11.0. The molecule has 0 aliphatic heterocycles. The summed E-state index contributed by atoms with van der Waals surface area (Å²) in [6.45, 7) is 8.59. The Morgan fingerprint density at radius 2 is 0.971 bits per heavy atom. The van der Waals surface area contributed by atoms with Gasteiger partial charge in [0.2, 0.25) is 0 Å². The minimum Gasteiger partial charge on any atom is -0.390 e. The first-order chi connectivity index (χ1) is 15.7. The van der Waals surface area contributed by atoms with Crippen LogP contribution in [0.4, 0.5) is 0 Å². The van der Waals surface area contributed by atoms with Gasteiger partial charge in [-0.1, -0.05) is 0 Å². The second-order valence-electron chi connectivity index (χ2n) is 15.2. The van der Waals surface area contributed by atoms with Gasteiger partial charge in [-0.2, -0.15) is 0 Å². The first-order valence-electron chi connectivity index (χ1n) is 14.1. The van der Waals surface area contributed by atoms with Gasteiger partial charge in [-0.05, 0) is 128 Å². The third-order valence-corrected chi connectivity index (χ3v) is 11.8. The van der Waals surface area contributed by atoms with E-state index in [9.17, 15) is 15.3 Å². The monoisotopic (exact) mass is 476 g/mol.